The van der Waals surface area contributed by atoms with Gasteiger partial charge >= 0.3 is 0 Å². The SMILES string of the molecule is CC[C@@H]1CSC(Nc2ccc(C(=O)/C=C/c3cccc(C)c3)cc2)=N1. The molecule has 2 aromatic rings. The Kier molecular flexibility index (Phi) is 5.71. The first kappa shape index (κ1) is 17.5. The summed E-state index contributed by atoms with van der Waals surface area (Å²) >= 11 is 1.75. The van der Waals surface area contributed by atoms with Crippen LogP contribution < -0.4 is 5.32 Å². The van der Waals surface area contributed by atoms with E-state index in [0.717, 1.165) is 28.6 Å². The van der Waals surface area contributed by atoms with Crippen LogP contribution in [0.25, 0.3) is 6.08 Å². The lowest BCUT2D eigenvalue weighted by molar-refractivity contribution is 0.104. The van der Waals surface area contributed by atoms with Crippen LogP contribution in [0, 0.1) is 6.92 Å². The molecule has 1 atom stereocenters. The normalized spacial score (nSPS) is 16.9. The van der Waals surface area contributed by atoms with Gasteiger partial charge < -0.3 is 5.32 Å². The molecule has 0 bridgehead atoms. The molecule has 0 spiro atoms. The number of carbonyl (C=O) groups is 1. The van der Waals surface area contributed by atoms with Gasteiger partial charge in [-0.2, -0.15) is 0 Å². The number of ketones is 1. The number of anilines is 1. The molecule has 1 aliphatic rings. The van der Waals surface area contributed by atoms with Gasteiger partial charge in [0.25, 0.3) is 0 Å². The van der Waals surface area contributed by atoms with E-state index in [2.05, 4.69) is 23.3 Å². The van der Waals surface area contributed by atoms with E-state index in [9.17, 15) is 4.79 Å². The second-order valence-corrected chi connectivity index (χ2v) is 7.13. The van der Waals surface area contributed by atoms with E-state index in [1.807, 2.05) is 55.5 Å². The topological polar surface area (TPSA) is 41.5 Å². The molecule has 0 saturated heterocycles. The zero-order valence-electron chi connectivity index (χ0n) is 14.5. The van der Waals surface area contributed by atoms with Crippen molar-refractivity contribution < 1.29 is 4.79 Å². The number of carbonyl (C=O) groups excluding carboxylic acids is 1. The van der Waals surface area contributed by atoms with Crippen molar-refractivity contribution in [2.24, 2.45) is 4.99 Å². The minimum absolute atomic E-state index is 0.00619. The number of allylic oxidation sites excluding steroid dienone is 1. The Labute approximate surface area is 153 Å². The molecule has 0 saturated carbocycles. The number of hydrogen-bond donors (Lipinski definition) is 1. The van der Waals surface area contributed by atoms with Gasteiger partial charge in [0, 0.05) is 17.0 Å². The van der Waals surface area contributed by atoms with Crippen LogP contribution in [0.2, 0.25) is 0 Å². The van der Waals surface area contributed by atoms with Crippen LogP contribution in [0.5, 0.6) is 0 Å². The fourth-order valence-electron chi connectivity index (χ4n) is 2.58. The van der Waals surface area contributed by atoms with Crippen molar-refractivity contribution in [2.45, 2.75) is 26.3 Å². The molecular weight excluding hydrogens is 328 g/mol. The summed E-state index contributed by atoms with van der Waals surface area (Å²) in [6, 6.07) is 16.1. The molecule has 0 unspecified atom stereocenters. The summed E-state index contributed by atoms with van der Waals surface area (Å²) in [5.41, 5.74) is 3.86. The molecule has 1 heterocycles. The average Bonchev–Trinajstić information content (AvgIpc) is 3.08. The van der Waals surface area contributed by atoms with Gasteiger partial charge in [-0.15, -0.1) is 0 Å². The van der Waals surface area contributed by atoms with E-state index in [-0.39, 0.29) is 5.78 Å². The standard InChI is InChI=1S/C21H22N2OS/c1-3-18-14-25-21(22-18)23-19-10-8-17(9-11-19)20(24)12-7-16-6-4-5-15(2)13-16/h4-13,18H,3,14H2,1-2H3,(H,22,23)/b12-7+/t18-/m1/s1. The first-order valence-electron chi connectivity index (χ1n) is 8.51. The largest absolute Gasteiger partial charge is 0.335 e. The lowest BCUT2D eigenvalue weighted by Gasteiger charge is -2.05. The predicted octanol–water partition coefficient (Wildman–Crippen LogP) is 5.18. The number of nitrogens with one attached hydrogen (secondary N) is 1. The molecule has 0 aromatic heterocycles. The highest BCUT2D eigenvalue weighted by molar-refractivity contribution is 8.14. The van der Waals surface area contributed by atoms with Crippen LogP contribution in [0.1, 0.15) is 34.8 Å². The van der Waals surface area contributed by atoms with Crippen LogP contribution in [-0.4, -0.2) is 22.7 Å². The highest BCUT2D eigenvalue weighted by atomic mass is 32.2. The molecule has 0 amide bonds. The van der Waals surface area contributed by atoms with E-state index in [0.29, 0.717) is 11.6 Å². The highest BCUT2D eigenvalue weighted by Gasteiger charge is 2.16. The van der Waals surface area contributed by atoms with E-state index in [1.54, 1.807) is 17.8 Å². The summed E-state index contributed by atoms with van der Waals surface area (Å²) in [5.74, 6) is 1.05. The van der Waals surface area contributed by atoms with Crippen LogP contribution >= 0.6 is 11.8 Å². The molecule has 4 heteroatoms. The quantitative estimate of drug-likeness (QED) is 0.596. The van der Waals surface area contributed by atoms with Crippen molar-refractivity contribution in [1.29, 1.82) is 0 Å². The smallest absolute Gasteiger partial charge is 0.185 e. The third kappa shape index (κ3) is 4.83. The number of aryl methyl sites for hydroxylation is 1. The van der Waals surface area contributed by atoms with Crippen molar-refractivity contribution in [3.05, 3.63) is 71.3 Å². The summed E-state index contributed by atoms with van der Waals surface area (Å²) in [6.07, 6.45) is 4.55. The Balaban J connectivity index is 1.63. The molecule has 0 radical (unpaired) electrons. The summed E-state index contributed by atoms with van der Waals surface area (Å²) in [4.78, 5) is 16.9. The van der Waals surface area contributed by atoms with E-state index in [1.165, 1.54) is 5.56 Å². The molecule has 1 aliphatic heterocycles. The first-order valence-corrected chi connectivity index (χ1v) is 9.49. The van der Waals surface area contributed by atoms with E-state index < -0.39 is 0 Å². The Morgan fingerprint density at radius 3 is 2.76 bits per heavy atom. The van der Waals surface area contributed by atoms with Crippen LogP contribution in [0.4, 0.5) is 5.69 Å². The van der Waals surface area contributed by atoms with Gasteiger partial charge in [0.15, 0.2) is 11.0 Å². The van der Waals surface area contributed by atoms with Gasteiger partial charge in [-0.1, -0.05) is 54.6 Å². The summed E-state index contributed by atoms with van der Waals surface area (Å²) in [5, 5.41) is 4.28. The van der Waals surface area contributed by atoms with Gasteiger partial charge in [0.2, 0.25) is 0 Å². The van der Waals surface area contributed by atoms with Crippen LogP contribution in [0.15, 0.2) is 59.6 Å². The number of aliphatic imine (C=N–C) groups is 1. The maximum absolute atomic E-state index is 12.3. The lowest BCUT2D eigenvalue weighted by Crippen LogP contribution is -2.05. The molecule has 0 aliphatic carbocycles. The van der Waals surface area contributed by atoms with E-state index >= 15 is 0 Å². The molecule has 2 aromatic carbocycles. The maximum atomic E-state index is 12.3. The van der Waals surface area contributed by atoms with Gasteiger partial charge in [0.1, 0.15) is 0 Å². The minimum Gasteiger partial charge on any atom is -0.335 e. The highest BCUT2D eigenvalue weighted by Crippen LogP contribution is 2.22. The number of nitrogens with zero attached hydrogens (tertiary/aromatic N) is 1. The molecule has 25 heavy (non-hydrogen) atoms. The van der Waals surface area contributed by atoms with Crippen molar-refractivity contribution in [3.63, 3.8) is 0 Å². The lowest BCUT2D eigenvalue weighted by atomic mass is 10.1. The second-order valence-electron chi connectivity index (χ2n) is 6.12. The van der Waals surface area contributed by atoms with Gasteiger partial charge in [-0.25, -0.2) is 0 Å². The molecule has 128 valence electrons. The third-order valence-electron chi connectivity index (χ3n) is 4.07. The molecule has 0 fully saturated rings. The number of benzene rings is 2. The zero-order chi connectivity index (χ0) is 17.6. The number of hydrogen-bond acceptors (Lipinski definition) is 4. The number of amidine groups is 1. The fraction of sp³-hybridized carbons (Fsp3) is 0.238. The van der Waals surface area contributed by atoms with Gasteiger partial charge in [-0.3, -0.25) is 9.79 Å². The second kappa shape index (κ2) is 8.17. The predicted molar refractivity (Wildman–Crippen MR) is 109 cm³/mol. The maximum Gasteiger partial charge on any atom is 0.185 e. The molecule has 3 nitrogen and oxygen atoms in total. The minimum atomic E-state index is 0.00619. The van der Waals surface area contributed by atoms with E-state index in [4.69, 9.17) is 0 Å². The Morgan fingerprint density at radius 1 is 1.28 bits per heavy atom. The fourth-order valence-corrected chi connectivity index (χ4v) is 3.65. The average molecular weight is 350 g/mol. The Bertz CT molecular complexity index is 809. The summed E-state index contributed by atoms with van der Waals surface area (Å²) in [6.45, 7) is 4.20. The number of rotatable bonds is 5. The summed E-state index contributed by atoms with van der Waals surface area (Å²) < 4.78 is 0. The molecular formula is C21H22N2OS. The van der Waals surface area contributed by atoms with Gasteiger partial charge in [0.05, 0.1) is 6.04 Å². The first-order chi connectivity index (χ1) is 12.1. The molecule has 3 rings (SSSR count). The zero-order valence-corrected chi connectivity index (χ0v) is 15.3. The van der Waals surface area contributed by atoms with Crippen molar-refractivity contribution in [3.8, 4) is 0 Å². The molecule has 1 N–H and O–H groups in total. The third-order valence-corrected chi connectivity index (χ3v) is 5.11. The van der Waals surface area contributed by atoms with Gasteiger partial charge in [-0.05, 0) is 49.2 Å². The number of thioether (sulfide) groups is 1. The van der Waals surface area contributed by atoms with Crippen molar-refractivity contribution in [2.75, 3.05) is 11.1 Å². The van der Waals surface area contributed by atoms with Crippen molar-refractivity contribution in [1.82, 2.24) is 0 Å². The Hall–Kier alpha value is -2.33. The van der Waals surface area contributed by atoms with Crippen molar-refractivity contribution >= 4 is 34.5 Å². The monoisotopic (exact) mass is 350 g/mol. The Morgan fingerprint density at radius 2 is 2.08 bits per heavy atom. The van der Waals surface area contributed by atoms with Crippen LogP contribution in [-0.2, 0) is 0 Å². The van der Waals surface area contributed by atoms with Crippen LogP contribution in [0.3, 0.4) is 0 Å². The summed E-state index contributed by atoms with van der Waals surface area (Å²) in [7, 11) is 0.